The largest absolute Gasteiger partial charge is 0.363 e. The van der Waals surface area contributed by atoms with Crippen LogP contribution in [0.15, 0.2) is 78.9 Å². The van der Waals surface area contributed by atoms with Crippen LogP contribution >= 0.6 is 0 Å². The van der Waals surface area contributed by atoms with Crippen LogP contribution in [0, 0.1) is 10.1 Å². The maximum Gasteiger partial charge on any atom is 0.269 e. The number of nitrogens with zero attached hydrogens (tertiary/aromatic N) is 3. The monoisotopic (exact) mass is 370 g/mol. The molecule has 1 atom stereocenters. The third-order valence-electron chi connectivity index (χ3n) is 4.59. The Kier molecular flexibility index (Phi) is 4.68. The number of rotatable bonds is 5. The lowest BCUT2D eigenvalue weighted by molar-refractivity contribution is -0.384. The highest BCUT2D eigenvalue weighted by atomic mass is 16.6. The minimum absolute atomic E-state index is 0.0422. The van der Waals surface area contributed by atoms with Crippen LogP contribution in [-0.2, 0) is 0 Å². The molecular formula is C22H18N4O2. The molecule has 0 fully saturated rings. The molecule has 138 valence electrons. The molecule has 0 bridgehead atoms. The van der Waals surface area contributed by atoms with Gasteiger partial charge in [0.2, 0.25) is 0 Å². The van der Waals surface area contributed by atoms with Crippen molar-refractivity contribution in [3.63, 3.8) is 0 Å². The van der Waals surface area contributed by atoms with E-state index in [1.807, 2.05) is 42.5 Å². The smallest absolute Gasteiger partial charge is 0.269 e. The van der Waals surface area contributed by atoms with E-state index in [9.17, 15) is 10.1 Å². The zero-order valence-corrected chi connectivity index (χ0v) is 15.2. The van der Waals surface area contributed by atoms with Crippen LogP contribution in [-0.4, -0.2) is 14.9 Å². The average Bonchev–Trinajstić information content (AvgIpc) is 2.74. The molecule has 4 aromatic rings. The first-order valence-electron chi connectivity index (χ1n) is 8.95. The third kappa shape index (κ3) is 3.53. The number of benzene rings is 3. The summed E-state index contributed by atoms with van der Waals surface area (Å²) < 4.78 is 0. The predicted molar refractivity (Wildman–Crippen MR) is 110 cm³/mol. The average molecular weight is 370 g/mol. The summed E-state index contributed by atoms with van der Waals surface area (Å²) in [4.78, 5) is 19.8. The predicted octanol–water partition coefficient (Wildman–Crippen LogP) is 5.38. The quantitative estimate of drug-likeness (QED) is 0.377. The molecule has 28 heavy (non-hydrogen) atoms. The number of fused-ring (bicyclic) bond motifs is 1. The molecule has 0 spiro atoms. The second-order valence-corrected chi connectivity index (χ2v) is 6.49. The van der Waals surface area contributed by atoms with Crippen LogP contribution in [0.1, 0.15) is 18.5 Å². The zero-order chi connectivity index (χ0) is 19.5. The van der Waals surface area contributed by atoms with E-state index in [2.05, 4.69) is 29.4 Å². The van der Waals surface area contributed by atoms with Crippen molar-refractivity contribution in [1.29, 1.82) is 0 Å². The molecule has 0 amide bonds. The van der Waals surface area contributed by atoms with E-state index in [-0.39, 0.29) is 11.7 Å². The lowest BCUT2D eigenvalue weighted by atomic mass is 10.1. The van der Waals surface area contributed by atoms with Crippen LogP contribution in [0.2, 0.25) is 0 Å². The van der Waals surface area contributed by atoms with Gasteiger partial charge in [-0.15, -0.1) is 0 Å². The molecule has 0 aliphatic heterocycles. The summed E-state index contributed by atoms with van der Waals surface area (Å²) in [5.41, 5.74) is 2.74. The van der Waals surface area contributed by atoms with Gasteiger partial charge in [0.1, 0.15) is 5.82 Å². The van der Waals surface area contributed by atoms with Crippen molar-refractivity contribution in [2.45, 2.75) is 13.0 Å². The van der Waals surface area contributed by atoms with Gasteiger partial charge in [-0.3, -0.25) is 10.1 Å². The molecule has 1 N–H and O–H groups in total. The van der Waals surface area contributed by atoms with E-state index >= 15 is 0 Å². The van der Waals surface area contributed by atoms with Crippen molar-refractivity contribution in [2.24, 2.45) is 0 Å². The summed E-state index contributed by atoms with van der Waals surface area (Å²) in [5.74, 6) is 1.26. The summed E-state index contributed by atoms with van der Waals surface area (Å²) in [6.45, 7) is 2.08. The van der Waals surface area contributed by atoms with Gasteiger partial charge in [0.25, 0.3) is 5.69 Å². The SMILES string of the molecule is C[C@@H](Nc1nc(-c2ccc([N+](=O)[O-])cc2)nc2ccccc12)c1ccccc1. The number of nitro groups is 1. The van der Waals surface area contributed by atoms with E-state index in [0.29, 0.717) is 5.82 Å². The second-order valence-electron chi connectivity index (χ2n) is 6.49. The molecular weight excluding hydrogens is 352 g/mol. The fourth-order valence-electron chi connectivity index (χ4n) is 3.08. The Labute approximate surface area is 162 Å². The van der Waals surface area contributed by atoms with Crippen LogP contribution in [0.4, 0.5) is 11.5 Å². The molecule has 0 saturated heterocycles. The van der Waals surface area contributed by atoms with Gasteiger partial charge < -0.3 is 5.32 Å². The molecule has 1 heterocycles. The molecule has 0 radical (unpaired) electrons. The fourth-order valence-corrected chi connectivity index (χ4v) is 3.08. The summed E-state index contributed by atoms with van der Waals surface area (Å²) in [6, 6.07) is 24.3. The highest BCUT2D eigenvalue weighted by Crippen LogP contribution is 2.28. The second kappa shape index (κ2) is 7.44. The lowest BCUT2D eigenvalue weighted by Crippen LogP contribution is -2.09. The van der Waals surface area contributed by atoms with Gasteiger partial charge in [0.15, 0.2) is 5.82 Å². The van der Waals surface area contributed by atoms with Gasteiger partial charge in [-0.25, -0.2) is 9.97 Å². The molecule has 6 nitrogen and oxygen atoms in total. The number of hydrogen-bond acceptors (Lipinski definition) is 5. The van der Waals surface area contributed by atoms with E-state index in [1.165, 1.54) is 12.1 Å². The standard InChI is InChI=1S/C22H18N4O2/c1-15(16-7-3-2-4-8-16)23-22-19-9-5-6-10-20(19)24-21(25-22)17-11-13-18(14-12-17)26(27)28/h2-15H,1H3,(H,23,24,25)/t15-/m1/s1. The number of anilines is 1. The zero-order valence-electron chi connectivity index (χ0n) is 15.2. The molecule has 0 unspecified atom stereocenters. The van der Waals surface area contributed by atoms with Gasteiger partial charge in [0.05, 0.1) is 10.4 Å². The van der Waals surface area contributed by atoms with Crippen molar-refractivity contribution in [3.05, 3.63) is 94.5 Å². The molecule has 0 aliphatic carbocycles. The van der Waals surface area contributed by atoms with Crippen LogP contribution in [0.5, 0.6) is 0 Å². The van der Waals surface area contributed by atoms with Crippen LogP contribution < -0.4 is 5.32 Å². The topological polar surface area (TPSA) is 81.0 Å². The Morgan fingerprint density at radius 1 is 0.893 bits per heavy atom. The highest BCUT2D eigenvalue weighted by Gasteiger charge is 2.13. The number of nitro benzene ring substituents is 1. The third-order valence-corrected chi connectivity index (χ3v) is 4.59. The lowest BCUT2D eigenvalue weighted by Gasteiger charge is -2.17. The minimum atomic E-state index is -0.417. The van der Waals surface area contributed by atoms with Crippen molar-refractivity contribution in [2.75, 3.05) is 5.32 Å². The molecule has 1 aromatic heterocycles. The van der Waals surface area contributed by atoms with E-state index in [0.717, 1.165) is 27.8 Å². The van der Waals surface area contributed by atoms with Crippen molar-refractivity contribution in [3.8, 4) is 11.4 Å². The summed E-state index contributed by atoms with van der Waals surface area (Å²) >= 11 is 0. The van der Waals surface area contributed by atoms with Gasteiger partial charge in [-0.2, -0.15) is 0 Å². The molecule has 6 heteroatoms. The maximum absolute atomic E-state index is 10.9. The number of para-hydroxylation sites is 1. The van der Waals surface area contributed by atoms with Crippen molar-refractivity contribution in [1.82, 2.24) is 9.97 Å². The first kappa shape index (κ1) is 17.6. The molecule has 0 saturated carbocycles. The number of nitrogens with one attached hydrogen (secondary N) is 1. The Bertz CT molecular complexity index is 1130. The maximum atomic E-state index is 10.9. The van der Waals surface area contributed by atoms with Gasteiger partial charge in [-0.1, -0.05) is 42.5 Å². The Balaban J connectivity index is 1.76. The van der Waals surface area contributed by atoms with E-state index in [1.54, 1.807) is 12.1 Å². The minimum Gasteiger partial charge on any atom is -0.363 e. The first-order chi connectivity index (χ1) is 13.6. The van der Waals surface area contributed by atoms with E-state index < -0.39 is 4.92 Å². The van der Waals surface area contributed by atoms with Crippen molar-refractivity contribution < 1.29 is 4.92 Å². The normalized spacial score (nSPS) is 11.9. The molecule has 4 rings (SSSR count). The summed E-state index contributed by atoms with van der Waals surface area (Å²) in [6.07, 6.45) is 0. The van der Waals surface area contributed by atoms with Crippen LogP contribution in [0.25, 0.3) is 22.3 Å². The number of non-ortho nitro benzene ring substituents is 1. The number of hydrogen-bond donors (Lipinski definition) is 1. The summed E-state index contributed by atoms with van der Waals surface area (Å²) in [5, 5.41) is 15.3. The van der Waals surface area contributed by atoms with Crippen molar-refractivity contribution >= 4 is 22.4 Å². The Morgan fingerprint density at radius 3 is 2.29 bits per heavy atom. The summed E-state index contributed by atoms with van der Waals surface area (Å²) in [7, 11) is 0. The molecule has 0 aliphatic rings. The van der Waals surface area contributed by atoms with Crippen LogP contribution in [0.3, 0.4) is 0 Å². The fraction of sp³-hybridized carbons (Fsp3) is 0.0909. The molecule has 3 aromatic carbocycles. The number of aromatic nitrogens is 2. The van der Waals surface area contributed by atoms with Gasteiger partial charge >= 0.3 is 0 Å². The van der Waals surface area contributed by atoms with Gasteiger partial charge in [0, 0.05) is 29.1 Å². The Morgan fingerprint density at radius 2 is 1.57 bits per heavy atom. The highest BCUT2D eigenvalue weighted by molar-refractivity contribution is 5.90. The van der Waals surface area contributed by atoms with E-state index in [4.69, 9.17) is 4.98 Å². The van der Waals surface area contributed by atoms with Gasteiger partial charge in [-0.05, 0) is 36.8 Å². The Hall–Kier alpha value is -3.80. The first-order valence-corrected chi connectivity index (χ1v) is 8.95.